The third kappa shape index (κ3) is 4.78. The minimum Gasteiger partial charge on any atom is -0.497 e. The summed E-state index contributed by atoms with van der Waals surface area (Å²) in [6.07, 6.45) is 2.24. The first-order valence-corrected chi connectivity index (χ1v) is 13.4. The van der Waals surface area contributed by atoms with Crippen LogP contribution in [-0.2, 0) is 26.0 Å². The van der Waals surface area contributed by atoms with Gasteiger partial charge in [-0.3, -0.25) is 14.5 Å². The van der Waals surface area contributed by atoms with Crippen molar-refractivity contribution in [3.8, 4) is 5.75 Å². The van der Waals surface area contributed by atoms with Crippen molar-refractivity contribution in [2.24, 2.45) is 0 Å². The van der Waals surface area contributed by atoms with E-state index in [2.05, 4.69) is 21.0 Å². The average molecular weight is 499 g/mol. The van der Waals surface area contributed by atoms with Gasteiger partial charge in [-0.1, -0.05) is 18.2 Å². The Bertz CT molecular complexity index is 1220. The zero-order valence-electron chi connectivity index (χ0n) is 19.6. The highest BCUT2D eigenvalue weighted by molar-refractivity contribution is 7.89. The number of fused-ring (bicyclic) bond motifs is 2. The van der Waals surface area contributed by atoms with Crippen LogP contribution in [0.4, 0.5) is 5.69 Å². The minimum atomic E-state index is -3.74. The van der Waals surface area contributed by atoms with Crippen molar-refractivity contribution in [1.82, 2.24) is 14.9 Å². The van der Waals surface area contributed by atoms with Crippen LogP contribution >= 0.6 is 0 Å². The van der Waals surface area contributed by atoms with Crippen molar-refractivity contribution < 1.29 is 22.7 Å². The molecule has 2 aromatic carbocycles. The van der Waals surface area contributed by atoms with E-state index in [1.165, 1.54) is 24.8 Å². The molecule has 5 rings (SSSR count). The van der Waals surface area contributed by atoms with Crippen LogP contribution in [0, 0.1) is 0 Å². The molecule has 10 heteroatoms. The molecule has 186 valence electrons. The zero-order chi connectivity index (χ0) is 24.6. The summed E-state index contributed by atoms with van der Waals surface area (Å²) in [4.78, 5) is 29.6. The normalized spacial score (nSPS) is 24.1. The number of nitrogens with zero attached hydrogens (tertiary/aromatic N) is 2. The molecule has 2 N–H and O–H groups in total. The molecule has 9 nitrogen and oxygen atoms in total. The second kappa shape index (κ2) is 9.60. The number of rotatable bonds is 7. The predicted octanol–water partition coefficient (Wildman–Crippen LogP) is 1.28. The highest BCUT2D eigenvalue weighted by Gasteiger charge is 2.44. The average Bonchev–Trinajstić information content (AvgIpc) is 3.48. The lowest BCUT2D eigenvalue weighted by Gasteiger charge is -2.37. The van der Waals surface area contributed by atoms with Gasteiger partial charge in [-0.25, -0.2) is 13.1 Å². The van der Waals surface area contributed by atoms with Crippen molar-refractivity contribution in [3.05, 3.63) is 54.1 Å². The van der Waals surface area contributed by atoms with Gasteiger partial charge in [0.2, 0.25) is 21.8 Å². The van der Waals surface area contributed by atoms with Crippen molar-refractivity contribution in [1.29, 1.82) is 0 Å². The van der Waals surface area contributed by atoms with Crippen LogP contribution in [0.5, 0.6) is 5.75 Å². The lowest BCUT2D eigenvalue weighted by Crippen LogP contribution is -2.58. The van der Waals surface area contributed by atoms with E-state index in [1.54, 1.807) is 12.1 Å². The summed E-state index contributed by atoms with van der Waals surface area (Å²) < 4.78 is 33.7. The summed E-state index contributed by atoms with van der Waals surface area (Å²) in [5.74, 6) is 0.569. The Hall–Kier alpha value is -2.95. The number of hydrogen-bond acceptors (Lipinski definition) is 6. The Morgan fingerprint density at radius 3 is 2.71 bits per heavy atom. The van der Waals surface area contributed by atoms with Crippen LogP contribution < -0.4 is 19.7 Å². The summed E-state index contributed by atoms with van der Waals surface area (Å²) in [5.41, 5.74) is 2.18. The van der Waals surface area contributed by atoms with Gasteiger partial charge in [-0.05, 0) is 55.2 Å². The van der Waals surface area contributed by atoms with E-state index in [9.17, 15) is 18.0 Å². The number of amides is 2. The van der Waals surface area contributed by atoms with Crippen LogP contribution in [-0.4, -0.2) is 70.0 Å². The molecule has 0 spiro atoms. The van der Waals surface area contributed by atoms with Gasteiger partial charge in [0, 0.05) is 43.8 Å². The van der Waals surface area contributed by atoms with Crippen LogP contribution in [0.25, 0.3) is 0 Å². The lowest BCUT2D eigenvalue weighted by molar-refractivity contribution is -0.129. The van der Waals surface area contributed by atoms with E-state index in [0.29, 0.717) is 44.6 Å². The predicted molar refractivity (Wildman–Crippen MR) is 131 cm³/mol. The number of nitrogens with one attached hydrogen (secondary N) is 2. The molecular weight excluding hydrogens is 468 g/mol. The molecule has 3 atom stereocenters. The first-order chi connectivity index (χ1) is 16.9. The number of benzene rings is 2. The molecule has 2 amide bonds. The third-order valence-corrected chi connectivity index (χ3v) is 8.73. The van der Waals surface area contributed by atoms with Gasteiger partial charge in [0.15, 0.2) is 0 Å². The highest BCUT2D eigenvalue weighted by Crippen LogP contribution is 2.30. The summed E-state index contributed by atoms with van der Waals surface area (Å²) in [7, 11) is -2.21. The second-order valence-corrected chi connectivity index (χ2v) is 11.0. The number of ether oxygens (including phenoxy) is 1. The largest absolute Gasteiger partial charge is 0.497 e. The Labute approximate surface area is 205 Å². The molecular formula is C25H30N4O5S. The van der Waals surface area contributed by atoms with Crippen LogP contribution in [0.15, 0.2) is 53.4 Å². The molecule has 0 aliphatic carbocycles. The third-order valence-electron chi connectivity index (χ3n) is 7.19. The Morgan fingerprint density at radius 1 is 1.17 bits per heavy atom. The SMILES string of the molecule is COc1ccc(S(=O)(=O)N[C@@H]2C[C@H]3C(=O)NC[C@@H](CCC(=O)N4CCc5ccccc54)N3C2)cc1. The van der Waals surface area contributed by atoms with Crippen LogP contribution in [0.1, 0.15) is 24.8 Å². The van der Waals surface area contributed by atoms with E-state index >= 15 is 0 Å². The molecule has 3 aliphatic heterocycles. The van der Waals surface area contributed by atoms with E-state index < -0.39 is 16.1 Å². The van der Waals surface area contributed by atoms with Crippen molar-refractivity contribution in [2.75, 3.05) is 31.6 Å². The lowest BCUT2D eigenvalue weighted by atomic mass is 10.0. The van der Waals surface area contributed by atoms with Crippen molar-refractivity contribution >= 4 is 27.5 Å². The fraction of sp³-hybridized carbons (Fsp3) is 0.440. The molecule has 0 aromatic heterocycles. The molecule has 0 bridgehead atoms. The quantitative estimate of drug-likeness (QED) is 0.596. The molecule has 2 saturated heterocycles. The van der Waals surface area contributed by atoms with E-state index in [1.807, 2.05) is 23.1 Å². The van der Waals surface area contributed by atoms with Gasteiger partial charge in [-0.2, -0.15) is 0 Å². The van der Waals surface area contributed by atoms with Crippen molar-refractivity contribution in [2.45, 2.75) is 48.7 Å². The molecule has 0 saturated carbocycles. The van der Waals surface area contributed by atoms with E-state index in [-0.39, 0.29) is 28.8 Å². The van der Waals surface area contributed by atoms with E-state index in [4.69, 9.17) is 4.74 Å². The number of sulfonamides is 1. The van der Waals surface area contributed by atoms with Crippen LogP contribution in [0.2, 0.25) is 0 Å². The number of piperazine rings is 1. The molecule has 0 unspecified atom stereocenters. The standard InChI is InChI=1S/C25H30N4O5S/c1-34-20-7-9-21(10-8-20)35(32,33)27-18-14-23-25(31)26-15-19(29(23)16-18)6-11-24(30)28-13-12-17-4-2-3-5-22(17)28/h2-5,7-10,18-19,23,27H,6,11-16H2,1H3,(H,26,31)/t18-,19-,23+/m1/s1. The maximum Gasteiger partial charge on any atom is 0.240 e. The Kier molecular flexibility index (Phi) is 6.52. The summed E-state index contributed by atoms with van der Waals surface area (Å²) >= 11 is 0. The summed E-state index contributed by atoms with van der Waals surface area (Å²) in [6, 6.07) is 13.4. The first-order valence-electron chi connectivity index (χ1n) is 11.9. The number of para-hydroxylation sites is 1. The zero-order valence-corrected chi connectivity index (χ0v) is 20.5. The number of hydrogen-bond donors (Lipinski definition) is 2. The summed E-state index contributed by atoms with van der Waals surface area (Å²) in [6.45, 7) is 1.58. The van der Waals surface area contributed by atoms with E-state index in [0.717, 1.165) is 12.1 Å². The second-order valence-electron chi connectivity index (χ2n) is 9.30. The molecule has 0 radical (unpaired) electrons. The topological polar surface area (TPSA) is 108 Å². The minimum absolute atomic E-state index is 0.0185. The van der Waals surface area contributed by atoms with Crippen molar-refractivity contribution in [3.63, 3.8) is 0 Å². The summed E-state index contributed by atoms with van der Waals surface area (Å²) in [5, 5.41) is 2.94. The maximum atomic E-state index is 13.0. The number of anilines is 1. The van der Waals surface area contributed by atoms with Gasteiger partial charge < -0.3 is 15.0 Å². The Morgan fingerprint density at radius 2 is 1.94 bits per heavy atom. The Balaban J connectivity index is 1.22. The number of methoxy groups -OCH3 is 1. The van der Waals surface area contributed by atoms with Crippen LogP contribution in [0.3, 0.4) is 0 Å². The van der Waals surface area contributed by atoms with Gasteiger partial charge in [0.25, 0.3) is 0 Å². The molecule has 35 heavy (non-hydrogen) atoms. The maximum absolute atomic E-state index is 13.0. The number of carbonyl (C=O) groups is 2. The van der Waals surface area contributed by atoms with Gasteiger partial charge >= 0.3 is 0 Å². The molecule has 3 heterocycles. The van der Waals surface area contributed by atoms with Gasteiger partial charge in [0.1, 0.15) is 5.75 Å². The molecule has 3 aliphatic rings. The van der Waals surface area contributed by atoms with Gasteiger partial charge in [0.05, 0.1) is 18.0 Å². The fourth-order valence-electron chi connectivity index (χ4n) is 5.39. The number of carbonyl (C=O) groups excluding carboxylic acids is 2. The van der Waals surface area contributed by atoms with Gasteiger partial charge in [-0.15, -0.1) is 0 Å². The highest BCUT2D eigenvalue weighted by atomic mass is 32.2. The first kappa shape index (κ1) is 23.8. The monoisotopic (exact) mass is 498 g/mol. The fourth-order valence-corrected chi connectivity index (χ4v) is 6.63. The molecule has 2 fully saturated rings. The molecule has 2 aromatic rings. The smallest absolute Gasteiger partial charge is 0.240 e.